The normalized spacial score (nSPS) is 11.0. The Hall–Kier alpha value is -3.06. The van der Waals surface area contributed by atoms with Crippen LogP contribution in [0.5, 0.6) is 0 Å². The second-order valence-corrected chi connectivity index (χ2v) is 6.60. The van der Waals surface area contributed by atoms with Gasteiger partial charge in [0.05, 0.1) is 23.1 Å². The maximum atomic E-state index is 13.3. The fourth-order valence-corrected chi connectivity index (χ4v) is 3.54. The van der Waals surface area contributed by atoms with Crippen LogP contribution in [0.3, 0.4) is 0 Å². The summed E-state index contributed by atoms with van der Waals surface area (Å²) in [6, 6.07) is 15.3. The van der Waals surface area contributed by atoms with Gasteiger partial charge in [0.2, 0.25) is 0 Å². The number of thioether (sulfide) groups is 1. The molecule has 7 heteroatoms. The first-order valence-corrected chi connectivity index (χ1v) is 8.88. The molecule has 2 N–H and O–H groups in total. The SMILES string of the molecule is O=C(Nc1n[nH]c2cc(F)ccc12)c1ccccc1SCc1ccco1. The van der Waals surface area contributed by atoms with Gasteiger partial charge in [-0.15, -0.1) is 11.8 Å². The predicted octanol–water partition coefficient (Wildman–Crippen LogP) is 4.84. The molecule has 0 atom stereocenters. The van der Waals surface area contributed by atoms with Gasteiger partial charge in [0.1, 0.15) is 11.6 Å². The average molecular weight is 367 g/mol. The van der Waals surface area contributed by atoms with Crippen molar-refractivity contribution in [2.75, 3.05) is 5.32 Å². The summed E-state index contributed by atoms with van der Waals surface area (Å²) >= 11 is 1.52. The molecule has 2 aromatic heterocycles. The molecule has 0 unspecified atom stereocenters. The predicted molar refractivity (Wildman–Crippen MR) is 98.7 cm³/mol. The van der Waals surface area contributed by atoms with Gasteiger partial charge in [0.25, 0.3) is 5.91 Å². The van der Waals surface area contributed by atoms with Gasteiger partial charge in [-0.05, 0) is 42.5 Å². The summed E-state index contributed by atoms with van der Waals surface area (Å²) in [5.41, 5.74) is 1.07. The van der Waals surface area contributed by atoms with Crippen molar-refractivity contribution in [3.63, 3.8) is 0 Å². The Morgan fingerprint density at radius 1 is 1.19 bits per heavy atom. The lowest BCUT2D eigenvalue weighted by Crippen LogP contribution is -2.13. The topological polar surface area (TPSA) is 70.9 Å². The lowest BCUT2D eigenvalue weighted by Gasteiger charge is -2.08. The zero-order chi connectivity index (χ0) is 17.9. The minimum absolute atomic E-state index is 0.273. The average Bonchev–Trinajstić information content (AvgIpc) is 3.30. The van der Waals surface area contributed by atoms with Crippen molar-refractivity contribution in [1.82, 2.24) is 10.2 Å². The maximum absolute atomic E-state index is 13.3. The highest BCUT2D eigenvalue weighted by atomic mass is 32.2. The molecule has 4 aromatic rings. The fraction of sp³-hybridized carbons (Fsp3) is 0.0526. The Kier molecular flexibility index (Phi) is 4.45. The smallest absolute Gasteiger partial charge is 0.258 e. The van der Waals surface area contributed by atoms with E-state index >= 15 is 0 Å². The number of nitrogens with one attached hydrogen (secondary N) is 2. The minimum atomic E-state index is -0.362. The van der Waals surface area contributed by atoms with E-state index in [0.29, 0.717) is 28.0 Å². The van der Waals surface area contributed by atoms with Crippen LogP contribution in [0.4, 0.5) is 10.2 Å². The third-order valence-electron chi connectivity index (χ3n) is 3.84. The van der Waals surface area contributed by atoms with Gasteiger partial charge in [-0.1, -0.05) is 12.1 Å². The molecule has 1 amide bonds. The van der Waals surface area contributed by atoms with E-state index in [1.807, 2.05) is 30.3 Å². The number of aromatic nitrogens is 2. The van der Waals surface area contributed by atoms with Crippen LogP contribution >= 0.6 is 11.8 Å². The number of amides is 1. The molecule has 5 nitrogen and oxygen atoms in total. The van der Waals surface area contributed by atoms with Crippen LogP contribution in [0.15, 0.2) is 70.2 Å². The Morgan fingerprint density at radius 2 is 2.08 bits per heavy atom. The molecular formula is C19H14FN3O2S. The van der Waals surface area contributed by atoms with Gasteiger partial charge in [-0.25, -0.2) is 4.39 Å². The molecule has 0 aliphatic rings. The molecule has 26 heavy (non-hydrogen) atoms. The van der Waals surface area contributed by atoms with Crippen molar-refractivity contribution < 1.29 is 13.6 Å². The van der Waals surface area contributed by atoms with Crippen LogP contribution in [0.1, 0.15) is 16.1 Å². The number of furan rings is 1. The van der Waals surface area contributed by atoms with Crippen molar-refractivity contribution in [2.24, 2.45) is 0 Å². The molecular weight excluding hydrogens is 353 g/mol. The number of hydrogen-bond acceptors (Lipinski definition) is 4. The van der Waals surface area contributed by atoms with Crippen molar-refractivity contribution in [1.29, 1.82) is 0 Å². The van der Waals surface area contributed by atoms with Crippen LogP contribution in [0.2, 0.25) is 0 Å². The summed E-state index contributed by atoms with van der Waals surface area (Å²) in [6.07, 6.45) is 1.63. The lowest BCUT2D eigenvalue weighted by molar-refractivity contribution is 0.102. The molecule has 0 spiro atoms. The van der Waals surface area contributed by atoms with E-state index in [2.05, 4.69) is 15.5 Å². The first-order valence-electron chi connectivity index (χ1n) is 7.90. The summed E-state index contributed by atoms with van der Waals surface area (Å²) < 4.78 is 18.6. The Bertz CT molecular complexity index is 1060. The number of hydrogen-bond donors (Lipinski definition) is 2. The number of carbonyl (C=O) groups excluding carboxylic acids is 1. The quantitative estimate of drug-likeness (QED) is 0.495. The Morgan fingerprint density at radius 3 is 2.92 bits per heavy atom. The molecule has 0 bridgehead atoms. The van der Waals surface area contributed by atoms with Gasteiger partial charge in [0, 0.05) is 10.3 Å². The molecule has 2 aromatic carbocycles. The zero-order valence-corrected chi connectivity index (χ0v) is 14.3. The maximum Gasteiger partial charge on any atom is 0.258 e. The van der Waals surface area contributed by atoms with Crippen LogP contribution < -0.4 is 5.32 Å². The van der Waals surface area contributed by atoms with E-state index in [4.69, 9.17) is 4.42 Å². The zero-order valence-electron chi connectivity index (χ0n) is 13.5. The molecule has 0 aliphatic heterocycles. The van der Waals surface area contributed by atoms with Gasteiger partial charge in [-0.3, -0.25) is 9.89 Å². The molecule has 130 valence electrons. The number of aromatic amines is 1. The van der Waals surface area contributed by atoms with E-state index in [0.717, 1.165) is 10.7 Å². The van der Waals surface area contributed by atoms with Gasteiger partial charge in [0.15, 0.2) is 5.82 Å². The lowest BCUT2D eigenvalue weighted by atomic mass is 10.2. The van der Waals surface area contributed by atoms with Crippen LogP contribution in [0, 0.1) is 5.82 Å². The number of nitrogens with zero attached hydrogens (tertiary/aromatic N) is 1. The summed E-state index contributed by atoms with van der Waals surface area (Å²) in [7, 11) is 0. The van der Waals surface area contributed by atoms with E-state index in [1.165, 1.54) is 23.9 Å². The Balaban J connectivity index is 1.56. The largest absolute Gasteiger partial charge is 0.468 e. The highest BCUT2D eigenvalue weighted by Crippen LogP contribution is 2.28. The monoisotopic (exact) mass is 367 g/mol. The third-order valence-corrected chi connectivity index (χ3v) is 4.93. The summed E-state index contributed by atoms with van der Waals surface area (Å²) in [6.45, 7) is 0. The number of carbonyl (C=O) groups is 1. The van der Waals surface area contributed by atoms with E-state index in [9.17, 15) is 9.18 Å². The summed E-state index contributed by atoms with van der Waals surface area (Å²) in [5.74, 6) is 1.20. The van der Waals surface area contributed by atoms with Gasteiger partial charge in [-0.2, -0.15) is 5.10 Å². The number of anilines is 1. The van der Waals surface area contributed by atoms with Crippen molar-refractivity contribution in [3.05, 3.63) is 78.0 Å². The fourth-order valence-electron chi connectivity index (χ4n) is 2.59. The Labute approximate surface area is 152 Å². The number of benzene rings is 2. The summed E-state index contributed by atoms with van der Waals surface area (Å²) in [5, 5.41) is 10.2. The first kappa shape index (κ1) is 16.4. The van der Waals surface area contributed by atoms with E-state index in [1.54, 1.807) is 18.4 Å². The standard InChI is InChI=1S/C19H14FN3O2S/c20-12-7-8-14-16(10-12)22-23-18(14)21-19(24)15-5-1-2-6-17(15)26-11-13-4-3-9-25-13/h1-10H,11H2,(H2,21,22,23,24). The molecule has 2 heterocycles. The van der Waals surface area contributed by atoms with Gasteiger partial charge >= 0.3 is 0 Å². The van der Waals surface area contributed by atoms with Crippen LogP contribution in [-0.4, -0.2) is 16.1 Å². The minimum Gasteiger partial charge on any atom is -0.468 e. The molecule has 0 fully saturated rings. The number of rotatable bonds is 5. The molecule has 0 saturated carbocycles. The van der Waals surface area contributed by atoms with E-state index in [-0.39, 0.29) is 11.7 Å². The second kappa shape index (κ2) is 7.05. The van der Waals surface area contributed by atoms with Crippen molar-refractivity contribution in [3.8, 4) is 0 Å². The highest BCUT2D eigenvalue weighted by molar-refractivity contribution is 7.98. The van der Waals surface area contributed by atoms with Crippen LogP contribution in [0.25, 0.3) is 10.9 Å². The van der Waals surface area contributed by atoms with Crippen molar-refractivity contribution >= 4 is 34.4 Å². The molecule has 4 rings (SSSR count). The van der Waals surface area contributed by atoms with Gasteiger partial charge < -0.3 is 9.73 Å². The summed E-state index contributed by atoms with van der Waals surface area (Å²) in [4.78, 5) is 13.6. The molecule has 0 saturated heterocycles. The van der Waals surface area contributed by atoms with Crippen LogP contribution in [-0.2, 0) is 5.75 Å². The highest BCUT2D eigenvalue weighted by Gasteiger charge is 2.15. The number of halogens is 1. The molecule has 0 radical (unpaired) electrons. The van der Waals surface area contributed by atoms with E-state index < -0.39 is 0 Å². The second-order valence-electron chi connectivity index (χ2n) is 5.58. The number of H-pyrrole nitrogens is 1. The molecule has 0 aliphatic carbocycles. The van der Waals surface area contributed by atoms with Crippen molar-refractivity contribution in [2.45, 2.75) is 10.6 Å². The first-order chi connectivity index (χ1) is 12.7. The number of fused-ring (bicyclic) bond motifs is 1. The third kappa shape index (κ3) is 3.34.